The number of aliphatic carboxylic acids is 1. The molecule has 4 N–H and O–H groups in total. The number of hydrogen-bond donors (Lipinski definition) is 3. The zero-order chi connectivity index (χ0) is 22.3. The van der Waals surface area contributed by atoms with Crippen molar-refractivity contribution in [1.82, 2.24) is 10.2 Å². The predicted molar refractivity (Wildman–Crippen MR) is 113 cm³/mol. The highest BCUT2D eigenvalue weighted by Gasteiger charge is 2.57. The number of carboxylic acid groups (broad SMARTS) is 1. The van der Waals surface area contributed by atoms with Gasteiger partial charge in [0.1, 0.15) is 6.04 Å². The van der Waals surface area contributed by atoms with Gasteiger partial charge in [0, 0.05) is 18.3 Å². The number of ketones is 1. The van der Waals surface area contributed by atoms with E-state index < -0.39 is 35.3 Å². The van der Waals surface area contributed by atoms with Crippen molar-refractivity contribution in [2.45, 2.75) is 76.0 Å². The summed E-state index contributed by atoms with van der Waals surface area (Å²) in [7, 11) is 0. The zero-order valence-electron chi connectivity index (χ0n) is 17.7. The standard InChI is InChI=1S/C20H33N3O6S/c1-3-29-18(26)15(11-30-12-16(24)22-14-7-4-5-8-14)23-10-6-9-20(23,19(27)28)17(25)13(2)21/h13-15H,3-12,21H2,1-2H3,(H,22,24)(H,27,28)/t13?,15-,20?/m0/s1. The summed E-state index contributed by atoms with van der Waals surface area (Å²) in [5.74, 6) is -2.32. The van der Waals surface area contributed by atoms with Crippen molar-refractivity contribution in [2.75, 3.05) is 24.7 Å². The average molecular weight is 444 g/mol. The number of Topliss-reactive ketones (excluding diaryl/α,β-unsaturated/α-hetero) is 1. The number of rotatable bonds is 11. The van der Waals surface area contributed by atoms with Crippen LogP contribution in [0.2, 0.25) is 0 Å². The average Bonchev–Trinajstić information content (AvgIpc) is 3.35. The molecule has 2 unspecified atom stereocenters. The fraction of sp³-hybridized carbons (Fsp3) is 0.800. The Morgan fingerprint density at radius 1 is 1.27 bits per heavy atom. The Labute approximate surface area is 181 Å². The highest BCUT2D eigenvalue weighted by Crippen LogP contribution is 2.35. The normalized spacial score (nSPS) is 24.4. The molecule has 1 aliphatic heterocycles. The minimum atomic E-state index is -1.85. The van der Waals surface area contributed by atoms with Crippen molar-refractivity contribution < 1.29 is 29.0 Å². The summed E-state index contributed by atoms with van der Waals surface area (Å²) in [6, 6.07) is -1.72. The van der Waals surface area contributed by atoms with E-state index >= 15 is 0 Å². The number of ether oxygens (including phenoxy) is 1. The largest absolute Gasteiger partial charge is 0.480 e. The Morgan fingerprint density at radius 3 is 2.50 bits per heavy atom. The van der Waals surface area contributed by atoms with Crippen LogP contribution >= 0.6 is 11.8 Å². The maximum Gasteiger partial charge on any atom is 0.332 e. The van der Waals surface area contributed by atoms with E-state index in [9.17, 15) is 24.3 Å². The molecule has 1 saturated carbocycles. The van der Waals surface area contributed by atoms with Gasteiger partial charge in [0.15, 0.2) is 11.3 Å². The summed E-state index contributed by atoms with van der Waals surface area (Å²) in [5.41, 5.74) is 3.89. The molecular weight excluding hydrogens is 410 g/mol. The summed E-state index contributed by atoms with van der Waals surface area (Å²) < 4.78 is 5.16. The molecule has 0 bridgehead atoms. The lowest BCUT2D eigenvalue weighted by atomic mass is 9.86. The van der Waals surface area contributed by atoms with Gasteiger partial charge < -0.3 is 20.9 Å². The minimum Gasteiger partial charge on any atom is -0.480 e. The summed E-state index contributed by atoms with van der Waals surface area (Å²) in [6.07, 6.45) is 4.73. The van der Waals surface area contributed by atoms with Gasteiger partial charge in [-0.25, -0.2) is 4.79 Å². The molecule has 170 valence electrons. The molecule has 2 rings (SSSR count). The van der Waals surface area contributed by atoms with Gasteiger partial charge in [0.2, 0.25) is 5.91 Å². The molecular formula is C20H33N3O6S. The SMILES string of the molecule is CCOC(=O)[C@H](CSCC(=O)NC1CCCC1)N1CCCC1(C(=O)O)C(=O)C(C)N. The maximum absolute atomic E-state index is 12.8. The molecule has 10 heteroatoms. The lowest BCUT2D eigenvalue weighted by molar-refractivity contribution is -0.162. The Kier molecular flexibility index (Phi) is 9.11. The van der Waals surface area contributed by atoms with Gasteiger partial charge >= 0.3 is 11.9 Å². The smallest absolute Gasteiger partial charge is 0.332 e. The number of likely N-dealkylation sites (tertiary alicyclic amines) is 1. The molecule has 2 fully saturated rings. The third-order valence-corrected chi connectivity index (χ3v) is 6.78. The fourth-order valence-electron chi connectivity index (χ4n) is 4.36. The molecule has 1 aliphatic carbocycles. The molecule has 1 amide bonds. The van der Waals surface area contributed by atoms with Crippen LogP contribution in [0.5, 0.6) is 0 Å². The van der Waals surface area contributed by atoms with Crippen molar-refractivity contribution in [2.24, 2.45) is 5.73 Å². The van der Waals surface area contributed by atoms with E-state index in [1.54, 1.807) is 6.92 Å². The van der Waals surface area contributed by atoms with Crippen LogP contribution in [0.25, 0.3) is 0 Å². The first-order valence-corrected chi connectivity index (χ1v) is 11.7. The third-order valence-electron chi connectivity index (χ3n) is 5.77. The molecule has 0 spiro atoms. The van der Waals surface area contributed by atoms with E-state index in [1.165, 1.54) is 23.6 Å². The van der Waals surface area contributed by atoms with Crippen molar-refractivity contribution in [3.8, 4) is 0 Å². The Hall–Kier alpha value is -1.65. The lowest BCUT2D eigenvalue weighted by Gasteiger charge is -2.38. The molecule has 30 heavy (non-hydrogen) atoms. The van der Waals surface area contributed by atoms with E-state index in [4.69, 9.17) is 10.5 Å². The van der Waals surface area contributed by atoms with E-state index in [0.29, 0.717) is 6.42 Å². The van der Waals surface area contributed by atoms with E-state index in [-0.39, 0.29) is 43.0 Å². The second kappa shape index (κ2) is 11.1. The van der Waals surface area contributed by atoms with Gasteiger partial charge in [0.05, 0.1) is 18.4 Å². The van der Waals surface area contributed by atoms with Crippen molar-refractivity contribution in [3.05, 3.63) is 0 Å². The van der Waals surface area contributed by atoms with Crippen LogP contribution in [0, 0.1) is 0 Å². The minimum absolute atomic E-state index is 0.0887. The quantitative estimate of drug-likeness (QED) is 0.308. The van der Waals surface area contributed by atoms with Crippen LogP contribution < -0.4 is 11.1 Å². The number of carbonyl (C=O) groups excluding carboxylic acids is 3. The molecule has 3 atom stereocenters. The number of hydrogen-bond acceptors (Lipinski definition) is 8. The monoisotopic (exact) mass is 443 g/mol. The van der Waals surface area contributed by atoms with Crippen LogP contribution in [0.3, 0.4) is 0 Å². The molecule has 1 saturated heterocycles. The van der Waals surface area contributed by atoms with E-state index in [0.717, 1.165) is 25.7 Å². The van der Waals surface area contributed by atoms with Crippen molar-refractivity contribution in [1.29, 1.82) is 0 Å². The van der Waals surface area contributed by atoms with Crippen LogP contribution in [0.4, 0.5) is 0 Å². The molecule has 2 aliphatic rings. The summed E-state index contributed by atoms with van der Waals surface area (Å²) in [4.78, 5) is 51.3. The summed E-state index contributed by atoms with van der Waals surface area (Å²) in [5, 5.41) is 12.9. The van der Waals surface area contributed by atoms with Crippen molar-refractivity contribution >= 4 is 35.4 Å². The number of nitrogens with two attached hydrogens (primary N) is 1. The Balaban J connectivity index is 2.12. The van der Waals surface area contributed by atoms with E-state index in [2.05, 4.69) is 5.32 Å². The molecule has 0 aromatic rings. The number of esters is 1. The number of nitrogens with zero attached hydrogens (tertiary/aromatic N) is 1. The first-order chi connectivity index (χ1) is 14.2. The second-order valence-electron chi connectivity index (χ2n) is 7.95. The van der Waals surface area contributed by atoms with Gasteiger partial charge in [-0.15, -0.1) is 11.8 Å². The third kappa shape index (κ3) is 5.53. The number of thioether (sulfide) groups is 1. The van der Waals surface area contributed by atoms with Crippen molar-refractivity contribution in [3.63, 3.8) is 0 Å². The van der Waals surface area contributed by atoms with Crippen LogP contribution in [0.15, 0.2) is 0 Å². The Morgan fingerprint density at radius 2 is 1.93 bits per heavy atom. The first-order valence-electron chi connectivity index (χ1n) is 10.6. The molecule has 0 aromatic heterocycles. The topological polar surface area (TPSA) is 139 Å². The maximum atomic E-state index is 12.8. The van der Waals surface area contributed by atoms with Gasteiger partial charge in [0.25, 0.3) is 0 Å². The predicted octanol–water partition coefficient (Wildman–Crippen LogP) is 0.546. The fourth-order valence-corrected chi connectivity index (χ4v) is 5.29. The molecule has 9 nitrogen and oxygen atoms in total. The molecule has 1 heterocycles. The number of nitrogens with one attached hydrogen (secondary N) is 1. The summed E-state index contributed by atoms with van der Waals surface area (Å²) in [6.45, 7) is 3.52. The lowest BCUT2D eigenvalue weighted by Crippen LogP contribution is -2.65. The van der Waals surface area contributed by atoms with Gasteiger partial charge in [-0.2, -0.15) is 0 Å². The van der Waals surface area contributed by atoms with Gasteiger partial charge in [-0.3, -0.25) is 19.3 Å². The molecule has 0 aromatic carbocycles. The van der Waals surface area contributed by atoms with Crippen LogP contribution in [-0.2, 0) is 23.9 Å². The van der Waals surface area contributed by atoms with Crippen LogP contribution in [0.1, 0.15) is 52.4 Å². The van der Waals surface area contributed by atoms with Crippen LogP contribution in [-0.4, -0.2) is 82.0 Å². The first kappa shape index (κ1) is 24.6. The highest BCUT2D eigenvalue weighted by molar-refractivity contribution is 8.00. The van der Waals surface area contributed by atoms with Gasteiger partial charge in [-0.05, 0) is 39.5 Å². The Bertz CT molecular complexity index is 652. The summed E-state index contributed by atoms with van der Waals surface area (Å²) >= 11 is 1.24. The highest BCUT2D eigenvalue weighted by atomic mass is 32.2. The zero-order valence-corrected chi connectivity index (χ0v) is 18.5. The van der Waals surface area contributed by atoms with Gasteiger partial charge in [-0.1, -0.05) is 12.8 Å². The number of carbonyl (C=O) groups is 4. The second-order valence-corrected chi connectivity index (χ2v) is 8.98. The number of carboxylic acids is 1. The number of amides is 1. The molecule has 0 radical (unpaired) electrons. The van der Waals surface area contributed by atoms with E-state index in [1.807, 2.05) is 0 Å².